The average molecular weight is 681 g/mol. The molecule has 0 radical (unpaired) electrons. The molecule has 2 spiro atoms. The number of aromatic nitrogens is 1. The Balaban J connectivity index is 1.00. The van der Waals surface area contributed by atoms with Crippen LogP contribution in [0.25, 0.3) is 0 Å². The van der Waals surface area contributed by atoms with Gasteiger partial charge in [0.1, 0.15) is 6.10 Å². The Bertz CT molecular complexity index is 1450. The molecule has 3 heterocycles. The molecule has 7 fully saturated rings. The van der Waals surface area contributed by atoms with Crippen molar-refractivity contribution in [2.24, 2.45) is 50.7 Å². The summed E-state index contributed by atoms with van der Waals surface area (Å²) in [5.74, 6) is 1.46. The van der Waals surface area contributed by atoms with Crippen LogP contribution in [0.2, 0.25) is 0 Å². The van der Waals surface area contributed by atoms with Gasteiger partial charge < -0.3 is 34.4 Å². The monoisotopic (exact) mass is 680 g/mol. The van der Waals surface area contributed by atoms with Crippen molar-refractivity contribution in [2.75, 3.05) is 19.7 Å². The molecule has 1 aromatic rings. The van der Waals surface area contributed by atoms with Gasteiger partial charge in [-0.25, -0.2) is 0 Å². The van der Waals surface area contributed by atoms with Crippen molar-refractivity contribution in [3.05, 3.63) is 30.1 Å². The van der Waals surface area contributed by atoms with E-state index in [1.54, 1.807) is 38.4 Å². The molecule has 9 nitrogen and oxygen atoms in total. The van der Waals surface area contributed by atoms with E-state index in [1.165, 1.54) is 12.8 Å². The summed E-state index contributed by atoms with van der Waals surface area (Å²) in [6.45, 7) is 16.7. The first kappa shape index (κ1) is 34.5. The van der Waals surface area contributed by atoms with Crippen molar-refractivity contribution in [3.8, 4) is 0 Å². The van der Waals surface area contributed by atoms with Gasteiger partial charge in [0.2, 0.25) is 0 Å². The van der Waals surface area contributed by atoms with Crippen LogP contribution in [0.3, 0.4) is 0 Å². The number of fused-ring (bicyclic) bond motifs is 4. The van der Waals surface area contributed by atoms with E-state index in [2.05, 4.69) is 39.6 Å². The predicted octanol–water partition coefficient (Wildman–Crippen LogP) is 5.21. The van der Waals surface area contributed by atoms with Gasteiger partial charge in [0.05, 0.1) is 43.2 Å². The zero-order valence-electron chi connectivity index (χ0n) is 30.7. The van der Waals surface area contributed by atoms with Gasteiger partial charge in [-0.2, -0.15) is 0 Å². The van der Waals surface area contributed by atoms with Crippen LogP contribution in [-0.2, 0) is 14.2 Å². The highest BCUT2D eigenvalue weighted by Crippen LogP contribution is 2.89. The van der Waals surface area contributed by atoms with Crippen LogP contribution in [0.1, 0.15) is 110 Å². The van der Waals surface area contributed by atoms with Gasteiger partial charge in [0.15, 0.2) is 6.29 Å². The van der Waals surface area contributed by atoms with E-state index in [9.17, 15) is 20.1 Å². The average Bonchev–Trinajstić information content (AvgIpc) is 3.70. The number of morpholine rings is 1. The van der Waals surface area contributed by atoms with Crippen LogP contribution in [0.15, 0.2) is 24.5 Å². The zero-order chi connectivity index (χ0) is 34.9. The summed E-state index contributed by atoms with van der Waals surface area (Å²) in [6, 6.07) is 3.52. The van der Waals surface area contributed by atoms with Gasteiger partial charge in [0, 0.05) is 29.9 Å². The molecule has 9 heteroatoms. The lowest BCUT2D eigenvalue weighted by molar-refractivity contribution is -0.245. The number of rotatable bonds is 5. The van der Waals surface area contributed by atoms with Gasteiger partial charge >= 0.3 is 0 Å². The minimum absolute atomic E-state index is 0.00475. The molecule has 3 N–H and O–H groups in total. The molecule has 0 bridgehead atoms. The molecule has 1 amide bonds. The van der Waals surface area contributed by atoms with Gasteiger partial charge in [-0.05, 0) is 123 Å². The second-order valence-corrected chi connectivity index (χ2v) is 19.1. The highest BCUT2D eigenvalue weighted by molar-refractivity contribution is 5.94. The Kier molecular flexibility index (Phi) is 7.87. The molecule has 0 aromatic carbocycles. The number of nitrogens with zero attached hydrogens (tertiary/aromatic N) is 2. The molecule has 14 atom stereocenters. The van der Waals surface area contributed by atoms with Crippen LogP contribution in [0.4, 0.5) is 0 Å². The molecular weight excluding hydrogens is 620 g/mol. The molecule has 5 aliphatic carbocycles. The molecule has 2 saturated heterocycles. The minimum atomic E-state index is -1.26. The zero-order valence-corrected chi connectivity index (χ0v) is 30.7. The first-order valence-corrected chi connectivity index (χ1v) is 19.2. The van der Waals surface area contributed by atoms with Gasteiger partial charge in [-0.15, -0.1) is 0 Å². The van der Waals surface area contributed by atoms with E-state index in [1.807, 2.05) is 4.90 Å². The Morgan fingerprint density at radius 2 is 1.76 bits per heavy atom. The number of ether oxygens (including phenoxy) is 3. The maximum atomic E-state index is 13.2. The Labute approximate surface area is 292 Å². The molecule has 2 aliphatic heterocycles. The van der Waals surface area contributed by atoms with Crippen LogP contribution < -0.4 is 0 Å². The van der Waals surface area contributed by atoms with E-state index >= 15 is 0 Å². The third-order valence-corrected chi connectivity index (χ3v) is 16.4. The second kappa shape index (κ2) is 11.2. The summed E-state index contributed by atoms with van der Waals surface area (Å²) in [5.41, 5.74) is -0.513. The van der Waals surface area contributed by atoms with Crippen molar-refractivity contribution in [1.82, 2.24) is 9.88 Å². The van der Waals surface area contributed by atoms with Crippen molar-refractivity contribution in [3.63, 3.8) is 0 Å². The van der Waals surface area contributed by atoms with Gasteiger partial charge in [-0.3, -0.25) is 9.78 Å². The predicted molar refractivity (Wildman–Crippen MR) is 183 cm³/mol. The van der Waals surface area contributed by atoms with Crippen LogP contribution in [-0.4, -0.2) is 93.2 Å². The fourth-order valence-electron chi connectivity index (χ4n) is 14.0. The van der Waals surface area contributed by atoms with Crippen LogP contribution in [0, 0.1) is 50.7 Å². The van der Waals surface area contributed by atoms with E-state index in [-0.39, 0.29) is 57.0 Å². The second-order valence-electron chi connectivity index (χ2n) is 19.1. The number of aliphatic hydroxyl groups excluding tert-OH is 2. The first-order chi connectivity index (χ1) is 23.0. The van der Waals surface area contributed by atoms with Crippen LogP contribution in [0.5, 0.6) is 0 Å². The Hall–Kier alpha value is -1.62. The summed E-state index contributed by atoms with van der Waals surface area (Å²) in [6.07, 6.45) is 9.09. The van der Waals surface area contributed by atoms with Crippen molar-refractivity contribution < 1.29 is 34.3 Å². The lowest BCUT2D eigenvalue weighted by atomic mass is 9.41. The molecule has 7 aliphatic rings. The molecule has 5 saturated carbocycles. The Morgan fingerprint density at radius 1 is 1.06 bits per heavy atom. The highest BCUT2D eigenvalue weighted by Gasteiger charge is 2.84. The lowest BCUT2D eigenvalue weighted by Crippen LogP contribution is -2.60. The number of aliphatic hydroxyl groups is 3. The summed E-state index contributed by atoms with van der Waals surface area (Å²) in [7, 11) is 0. The number of amides is 1. The summed E-state index contributed by atoms with van der Waals surface area (Å²) < 4.78 is 19.7. The van der Waals surface area contributed by atoms with Crippen molar-refractivity contribution in [2.45, 2.75) is 142 Å². The molecule has 1 aromatic heterocycles. The van der Waals surface area contributed by atoms with E-state index in [4.69, 9.17) is 14.2 Å². The number of hydrogen-bond acceptors (Lipinski definition) is 8. The molecule has 5 unspecified atom stereocenters. The number of carbonyl (C=O) groups is 1. The third kappa shape index (κ3) is 4.64. The maximum Gasteiger partial charge on any atom is 0.254 e. The van der Waals surface area contributed by atoms with Gasteiger partial charge in [-0.1, -0.05) is 34.6 Å². The smallest absolute Gasteiger partial charge is 0.254 e. The summed E-state index contributed by atoms with van der Waals surface area (Å²) in [5, 5.41) is 34.2. The fraction of sp³-hybridized carbons (Fsp3) is 0.850. The SMILES string of the molecule is C[C@@H]1C[C@H](C(O)C(C)(C)O)O[C@H]2C1[C@@]1(C)CC[C@@]34CC35CCC(OC3CN(C(=O)c6ccncc6)CCO3)C(C)(C)[C@@H]5CC[C@H]4[C@]1(C)[C@H]2O. The standard InChI is InChI=1S/C40H60N2O7/c1-23-20-25(32(43)36(4,5)46)48-31-30(23)37(6)14-15-40-22-39(40)13-10-28(35(2,3)26(39)8-9-27(40)38(37,7)33(31)44)49-29-21-42(18-19-47-29)34(45)24-11-16-41-17-12-24/h11-12,16-17,23,25-33,43-44,46H,8-10,13-15,18-22H2,1-7H3/t23-,25-,26+,27+,28?,29?,30?,31+,32?,33+,37-,38-,39?,40+/m1/s1. The molecule has 8 rings (SSSR count). The number of hydrogen-bond donors (Lipinski definition) is 3. The molecule has 272 valence electrons. The summed E-state index contributed by atoms with van der Waals surface area (Å²) in [4.78, 5) is 19.1. The highest BCUT2D eigenvalue weighted by atomic mass is 16.7. The number of pyridine rings is 1. The van der Waals surface area contributed by atoms with Gasteiger partial charge in [0.25, 0.3) is 5.91 Å². The van der Waals surface area contributed by atoms with Crippen molar-refractivity contribution in [1.29, 1.82) is 0 Å². The van der Waals surface area contributed by atoms with Crippen molar-refractivity contribution >= 4 is 5.91 Å². The number of carbonyl (C=O) groups excluding carboxylic acids is 1. The van der Waals surface area contributed by atoms with Crippen LogP contribution >= 0.6 is 0 Å². The van der Waals surface area contributed by atoms with E-state index in [0.717, 1.165) is 32.1 Å². The Morgan fingerprint density at radius 3 is 2.47 bits per heavy atom. The third-order valence-electron chi connectivity index (χ3n) is 16.4. The quantitative estimate of drug-likeness (QED) is 0.388. The first-order valence-electron chi connectivity index (χ1n) is 19.2. The molecular formula is C40H60N2O7. The molecule has 49 heavy (non-hydrogen) atoms. The largest absolute Gasteiger partial charge is 0.390 e. The topological polar surface area (TPSA) is 122 Å². The van der Waals surface area contributed by atoms with E-state index in [0.29, 0.717) is 43.5 Å². The summed E-state index contributed by atoms with van der Waals surface area (Å²) >= 11 is 0. The lowest BCUT2D eigenvalue weighted by Gasteiger charge is -2.64. The van der Waals surface area contributed by atoms with E-state index < -0.39 is 30.2 Å². The fourth-order valence-corrected chi connectivity index (χ4v) is 14.0. The minimum Gasteiger partial charge on any atom is -0.390 e. The normalized spacial score (nSPS) is 49.1. The maximum absolute atomic E-state index is 13.2.